The highest BCUT2D eigenvalue weighted by Gasteiger charge is 2.44. The highest BCUT2D eigenvalue weighted by atomic mass is 32.1. The first-order valence-corrected chi connectivity index (χ1v) is 23.2. The molecule has 0 saturated carbocycles. The fraction of sp³-hybridized carbons (Fsp3) is 0.138. The van der Waals surface area contributed by atoms with Crippen molar-refractivity contribution in [3.05, 3.63) is 163 Å². The van der Waals surface area contributed by atoms with Gasteiger partial charge in [0, 0.05) is 81.4 Å². The highest BCUT2D eigenvalue weighted by molar-refractivity contribution is 7.25. The summed E-state index contributed by atoms with van der Waals surface area (Å²) in [7, 11) is 0. The first-order valence-electron chi connectivity index (χ1n) is 22.4. The number of aromatic nitrogens is 1. The number of thiophene rings is 1. The van der Waals surface area contributed by atoms with Crippen molar-refractivity contribution in [1.82, 2.24) is 4.57 Å². The Morgan fingerprint density at radius 2 is 1.25 bits per heavy atom. The maximum Gasteiger partial charge on any atom is 0.333 e. The van der Waals surface area contributed by atoms with Gasteiger partial charge in [-0.15, -0.1) is 11.3 Å². The van der Waals surface area contributed by atoms with Crippen LogP contribution in [-0.2, 0) is 10.8 Å². The Morgan fingerprint density at radius 1 is 0.500 bits per heavy atom. The quantitative estimate of drug-likeness (QED) is 0.163. The van der Waals surface area contributed by atoms with Crippen LogP contribution in [0.4, 0.5) is 11.4 Å². The maximum atomic E-state index is 6.79. The van der Waals surface area contributed by atoms with Crippen molar-refractivity contribution < 1.29 is 8.83 Å². The van der Waals surface area contributed by atoms with E-state index < -0.39 is 0 Å². The molecule has 0 atom stereocenters. The Balaban J connectivity index is 1.13. The second-order valence-electron chi connectivity index (χ2n) is 20.1. The zero-order valence-corrected chi connectivity index (χ0v) is 37.4. The largest absolute Gasteiger partial charge is 0.456 e. The highest BCUT2D eigenvalue weighted by Crippen LogP contribution is 2.50. The van der Waals surface area contributed by atoms with E-state index in [1.807, 2.05) is 11.3 Å². The molecule has 64 heavy (non-hydrogen) atoms. The smallest absolute Gasteiger partial charge is 0.333 e. The van der Waals surface area contributed by atoms with E-state index in [-0.39, 0.29) is 17.7 Å². The lowest BCUT2D eigenvalue weighted by Gasteiger charge is -2.42. The monoisotopic (exact) mass is 842 g/mol. The van der Waals surface area contributed by atoms with E-state index in [4.69, 9.17) is 8.83 Å². The second-order valence-corrected chi connectivity index (χ2v) is 21.2. The third kappa shape index (κ3) is 4.95. The summed E-state index contributed by atoms with van der Waals surface area (Å²) in [5.41, 5.74) is 17.6. The van der Waals surface area contributed by atoms with Gasteiger partial charge < -0.3 is 18.2 Å². The number of furan rings is 2. The number of nitrogens with zero attached hydrogens (tertiary/aromatic N) is 2. The van der Waals surface area contributed by atoms with Crippen LogP contribution >= 0.6 is 11.3 Å². The number of benzene rings is 8. The normalized spacial score (nSPS) is 13.7. The van der Waals surface area contributed by atoms with Crippen LogP contribution in [-0.4, -0.2) is 11.4 Å². The fourth-order valence-corrected chi connectivity index (χ4v) is 12.2. The van der Waals surface area contributed by atoms with Gasteiger partial charge in [0.2, 0.25) is 0 Å². The number of rotatable bonds is 2. The lowest BCUT2D eigenvalue weighted by molar-refractivity contribution is 0.590. The molecule has 2 aliphatic heterocycles. The summed E-state index contributed by atoms with van der Waals surface area (Å²) in [6, 6.07) is 56.7. The first-order chi connectivity index (χ1) is 31.0. The molecule has 8 aromatic carbocycles. The Labute approximate surface area is 375 Å². The van der Waals surface area contributed by atoms with Crippen LogP contribution in [0.25, 0.3) is 103 Å². The van der Waals surface area contributed by atoms with Gasteiger partial charge in [0.15, 0.2) is 0 Å². The minimum atomic E-state index is -0.124. The second kappa shape index (κ2) is 12.4. The molecule has 0 unspecified atom stereocenters. The zero-order chi connectivity index (χ0) is 43.0. The summed E-state index contributed by atoms with van der Waals surface area (Å²) < 4.78 is 18.5. The molecule has 0 bridgehead atoms. The molecule has 6 heteroatoms. The number of fused-ring (bicyclic) bond motifs is 15. The molecular formula is C58H43BN2O2S. The van der Waals surface area contributed by atoms with E-state index in [1.165, 1.54) is 81.0 Å². The summed E-state index contributed by atoms with van der Waals surface area (Å²) in [5, 5.41) is 8.38. The van der Waals surface area contributed by atoms with Crippen LogP contribution in [0.3, 0.4) is 0 Å². The van der Waals surface area contributed by atoms with Crippen molar-refractivity contribution in [1.29, 1.82) is 0 Å². The van der Waals surface area contributed by atoms with Crippen LogP contribution in [0, 0.1) is 0 Å². The molecule has 12 aromatic rings. The molecule has 306 valence electrons. The van der Waals surface area contributed by atoms with E-state index in [0.717, 1.165) is 55.4 Å². The minimum absolute atomic E-state index is 0.0263. The first kappa shape index (κ1) is 36.5. The molecule has 6 heterocycles. The van der Waals surface area contributed by atoms with E-state index in [9.17, 15) is 0 Å². The van der Waals surface area contributed by atoms with Gasteiger partial charge in [0.25, 0.3) is 0 Å². The van der Waals surface area contributed by atoms with E-state index in [0.29, 0.717) is 0 Å². The SMILES string of the molecule is CC(C)(C)c1ccc(N2B3c4cc5cc(-c6ccccc6)oc5cc4-n4c5cc6c(cc5c5ccc(c3c54)-c3cc4c(cc32)sc2cc(C(C)(C)C)ccc24)oc2ccccc26)cc1. The van der Waals surface area contributed by atoms with Crippen molar-refractivity contribution in [3.63, 3.8) is 0 Å². The molecule has 0 spiro atoms. The maximum absolute atomic E-state index is 6.79. The molecule has 4 aromatic heterocycles. The lowest BCUT2D eigenvalue weighted by Crippen LogP contribution is -2.60. The molecule has 4 nitrogen and oxygen atoms in total. The summed E-state index contributed by atoms with van der Waals surface area (Å²) >= 11 is 1.91. The standard InChI is InChI=1S/C58H43BN2O2S/c1-57(2,3)34-16-19-36(20-17-34)61-47-31-54-44(38-21-18-35(58(4,5)6)26-53(38)64-54)27-41(47)39-22-23-40-42-29-52-43(37-14-10-11-15-49(37)62-52)28-46(42)60-48-30-51-33(24-45(48)59(61)55(39)56(40)60)25-50(63-51)32-12-8-7-9-13-32/h7-31H,1-6H3. The van der Waals surface area contributed by atoms with Crippen molar-refractivity contribution >= 4 is 115 Å². The molecule has 0 saturated heterocycles. The molecule has 2 aliphatic rings. The van der Waals surface area contributed by atoms with Crippen molar-refractivity contribution in [2.75, 3.05) is 4.81 Å². The van der Waals surface area contributed by atoms with Gasteiger partial charge >= 0.3 is 6.85 Å². The minimum Gasteiger partial charge on any atom is -0.456 e. The number of para-hydroxylation sites is 1. The Bertz CT molecular complexity index is 3980. The van der Waals surface area contributed by atoms with Crippen LogP contribution in [0.5, 0.6) is 0 Å². The lowest BCUT2D eigenvalue weighted by atomic mass is 9.44. The van der Waals surface area contributed by atoms with E-state index >= 15 is 0 Å². The van der Waals surface area contributed by atoms with Crippen molar-refractivity contribution in [3.8, 4) is 28.1 Å². The summed E-state index contributed by atoms with van der Waals surface area (Å²) in [6.07, 6.45) is 0. The van der Waals surface area contributed by atoms with Gasteiger partial charge in [-0.3, -0.25) is 0 Å². The van der Waals surface area contributed by atoms with Gasteiger partial charge in [0.1, 0.15) is 22.5 Å². The third-order valence-corrected chi connectivity index (χ3v) is 15.4. The fourth-order valence-electron chi connectivity index (χ4n) is 11.0. The molecule has 14 rings (SSSR count). The molecular weight excluding hydrogens is 800 g/mol. The van der Waals surface area contributed by atoms with Crippen LogP contribution < -0.4 is 15.7 Å². The molecule has 0 aliphatic carbocycles. The third-order valence-electron chi connectivity index (χ3n) is 14.3. The topological polar surface area (TPSA) is 34.5 Å². The van der Waals surface area contributed by atoms with Gasteiger partial charge in [-0.1, -0.05) is 133 Å². The Hall–Kier alpha value is -7.02. The van der Waals surface area contributed by atoms with Crippen LogP contribution in [0.1, 0.15) is 52.7 Å². The Kier molecular flexibility index (Phi) is 7.05. The zero-order valence-electron chi connectivity index (χ0n) is 36.6. The molecule has 0 radical (unpaired) electrons. The molecule has 0 N–H and O–H groups in total. The predicted octanol–water partition coefficient (Wildman–Crippen LogP) is 15.3. The predicted molar refractivity (Wildman–Crippen MR) is 273 cm³/mol. The number of hydrogen-bond donors (Lipinski definition) is 0. The van der Waals surface area contributed by atoms with Crippen molar-refractivity contribution in [2.24, 2.45) is 0 Å². The number of anilines is 2. The van der Waals surface area contributed by atoms with E-state index in [1.54, 1.807) is 0 Å². The van der Waals surface area contributed by atoms with Crippen LogP contribution in [0.15, 0.2) is 160 Å². The average Bonchev–Trinajstić information content (AvgIpc) is 4.06. The van der Waals surface area contributed by atoms with Crippen LogP contribution in [0.2, 0.25) is 0 Å². The molecule has 0 amide bonds. The van der Waals surface area contributed by atoms with E-state index in [2.05, 4.69) is 203 Å². The molecule has 0 fully saturated rings. The average molecular weight is 843 g/mol. The van der Waals surface area contributed by atoms with Gasteiger partial charge in [-0.05, 0) is 93.0 Å². The van der Waals surface area contributed by atoms with Gasteiger partial charge in [0.05, 0.1) is 11.0 Å². The van der Waals surface area contributed by atoms with Gasteiger partial charge in [-0.2, -0.15) is 0 Å². The van der Waals surface area contributed by atoms with Crippen molar-refractivity contribution in [2.45, 2.75) is 52.4 Å². The Morgan fingerprint density at radius 3 is 2.06 bits per heavy atom. The summed E-state index contributed by atoms with van der Waals surface area (Å²) in [5.74, 6) is 0.871. The summed E-state index contributed by atoms with van der Waals surface area (Å²) in [6.45, 7) is 13.7. The summed E-state index contributed by atoms with van der Waals surface area (Å²) in [4.78, 5) is 2.65. The number of hydrogen-bond acceptors (Lipinski definition) is 4. The van der Waals surface area contributed by atoms with Gasteiger partial charge in [-0.25, -0.2) is 0 Å².